The highest BCUT2D eigenvalue weighted by Gasteiger charge is 2.46. The molecule has 2 atom stereocenters. The number of hydrogen-bond donors (Lipinski definition) is 1. The van der Waals surface area contributed by atoms with Gasteiger partial charge in [0.15, 0.2) is 0 Å². The normalized spacial score (nSPS) is 28.9. The fourth-order valence-corrected chi connectivity index (χ4v) is 2.00. The van der Waals surface area contributed by atoms with E-state index in [0.717, 1.165) is 0 Å². The maximum absolute atomic E-state index is 11.7. The number of fused-ring (bicyclic) bond motifs is 2. The van der Waals surface area contributed by atoms with Crippen molar-refractivity contribution in [2.75, 3.05) is 26.4 Å². The zero-order valence-corrected chi connectivity index (χ0v) is 8.92. The van der Waals surface area contributed by atoms with Crippen LogP contribution >= 0.6 is 0 Å². The van der Waals surface area contributed by atoms with Gasteiger partial charge in [-0.05, 0) is 12.8 Å². The Morgan fingerprint density at radius 3 is 2.44 bits per heavy atom. The first-order valence-corrected chi connectivity index (χ1v) is 5.43. The first kappa shape index (κ1) is 11.5. The summed E-state index contributed by atoms with van der Waals surface area (Å²) in [6.07, 6.45) is 0.369. The van der Waals surface area contributed by atoms with Crippen LogP contribution in [0.3, 0.4) is 0 Å². The smallest absolute Gasteiger partial charge is 0.258 e. The third-order valence-corrected chi connectivity index (χ3v) is 2.80. The number of likely N-dealkylation sites (tertiary alicyclic amines) is 1. The lowest BCUT2D eigenvalue weighted by molar-refractivity contribution is -0.169. The molecule has 0 aromatic rings. The number of carbonyl (C=O) groups excluding carboxylic acids is 2. The van der Waals surface area contributed by atoms with E-state index in [1.165, 1.54) is 4.90 Å². The second-order valence-electron chi connectivity index (χ2n) is 3.85. The van der Waals surface area contributed by atoms with Gasteiger partial charge in [-0.25, -0.2) is 0 Å². The molecule has 2 saturated heterocycles. The Morgan fingerprint density at radius 1 is 1.25 bits per heavy atom. The standard InChI is InChI=1S/C10H15NO5/c12-4-6-15-5-3-11-9(13)7-1-2-8(16-7)10(11)14/h7-8,12H,1-6H2. The molecular formula is C10H15NO5. The summed E-state index contributed by atoms with van der Waals surface area (Å²) >= 11 is 0. The van der Waals surface area contributed by atoms with Crippen LogP contribution < -0.4 is 0 Å². The van der Waals surface area contributed by atoms with Gasteiger partial charge < -0.3 is 14.6 Å². The molecule has 2 aliphatic rings. The average molecular weight is 229 g/mol. The van der Waals surface area contributed by atoms with Gasteiger partial charge in [0.1, 0.15) is 12.2 Å². The number of amides is 2. The molecule has 2 rings (SSSR count). The zero-order valence-electron chi connectivity index (χ0n) is 8.92. The lowest BCUT2D eigenvalue weighted by Gasteiger charge is -2.29. The molecule has 1 N–H and O–H groups in total. The molecule has 2 heterocycles. The van der Waals surface area contributed by atoms with E-state index >= 15 is 0 Å². The van der Waals surface area contributed by atoms with Crippen molar-refractivity contribution in [3.63, 3.8) is 0 Å². The van der Waals surface area contributed by atoms with Crippen LogP contribution in [0.1, 0.15) is 12.8 Å². The number of hydrogen-bond acceptors (Lipinski definition) is 5. The molecule has 0 spiro atoms. The molecular weight excluding hydrogens is 214 g/mol. The highest BCUT2D eigenvalue weighted by atomic mass is 16.5. The van der Waals surface area contributed by atoms with Crippen molar-refractivity contribution in [3.8, 4) is 0 Å². The summed E-state index contributed by atoms with van der Waals surface area (Å²) < 4.78 is 10.3. The van der Waals surface area contributed by atoms with Gasteiger partial charge in [0.05, 0.1) is 26.4 Å². The van der Waals surface area contributed by atoms with Gasteiger partial charge in [-0.3, -0.25) is 14.5 Å². The topological polar surface area (TPSA) is 76.1 Å². The van der Waals surface area contributed by atoms with Crippen LogP contribution in [0.4, 0.5) is 0 Å². The number of nitrogens with zero attached hydrogens (tertiary/aromatic N) is 1. The fourth-order valence-electron chi connectivity index (χ4n) is 2.00. The predicted molar refractivity (Wildman–Crippen MR) is 52.5 cm³/mol. The molecule has 90 valence electrons. The molecule has 0 radical (unpaired) electrons. The van der Waals surface area contributed by atoms with Gasteiger partial charge in [-0.1, -0.05) is 0 Å². The Bertz CT molecular complexity index is 271. The molecule has 2 bridgehead atoms. The number of aliphatic hydroxyl groups excluding tert-OH is 1. The van der Waals surface area contributed by atoms with Crippen LogP contribution in [0.5, 0.6) is 0 Å². The first-order chi connectivity index (χ1) is 7.74. The molecule has 0 aromatic heterocycles. The quantitative estimate of drug-likeness (QED) is 0.479. The van der Waals surface area contributed by atoms with E-state index in [1.54, 1.807) is 0 Å². The summed E-state index contributed by atoms with van der Waals surface area (Å²) in [5.74, 6) is -0.516. The second-order valence-corrected chi connectivity index (χ2v) is 3.85. The number of morpholine rings is 1. The van der Waals surface area contributed by atoms with E-state index in [1.807, 2.05) is 0 Å². The Hall–Kier alpha value is -0.980. The molecule has 0 aliphatic carbocycles. The summed E-state index contributed by atoms with van der Waals surface area (Å²) in [4.78, 5) is 24.7. The van der Waals surface area contributed by atoms with Crippen molar-refractivity contribution >= 4 is 11.8 Å². The number of rotatable bonds is 5. The second kappa shape index (κ2) is 4.90. The molecule has 0 aromatic carbocycles. The summed E-state index contributed by atoms with van der Waals surface area (Å²) in [7, 11) is 0. The van der Waals surface area contributed by atoms with E-state index in [4.69, 9.17) is 14.6 Å². The van der Waals surface area contributed by atoms with E-state index in [0.29, 0.717) is 12.8 Å². The van der Waals surface area contributed by atoms with Gasteiger partial charge >= 0.3 is 0 Å². The van der Waals surface area contributed by atoms with Crippen molar-refractivity contribution in [1.29, 1.82) is 0 Å². The van der Waals surface area contributed by atoms with Gasteiger partial charge in [0.2, 0.25) is 0 Å². The number of carbonyl (C=O) groups is 2. The van der Waals surface area contributed by atoms with E-state index in [9.17, 15) is 9.59 Å². The lowest BCUT2D eigenvalue weighted by Crippen LogP contribution is -2.52. The third kappa shape index (κ3) is 2.09. The van der Waals surface area contributed by atoms with Crippen LogP contribution in [-0.2, 0) is 19.1 Å². The first-order valence-electron chi connectivity index (χ1n) is 5.43. The van der Waals surface area contributed by atoms with Crippen LogP contribution in [-0.4, -0.2) is 60.4 Å². The van der Waals surface area contributed by atoms with Crippen molar-refractivity contribution in [2.24, 2.45) is 0 Å². The van der Waals surface area contributed by atoms with E-state index in [-0.39, 0.29) is 38.2 Å². The minimum atomic E-state index is -0.444. The zero-order chi connectivity index (χ0) is 11.5. The number of ether oxygens (including phenoxy) is 2. The summed E-state index contributed by atoms with van der Waals surface area (Å²) in [6.45, 7) is 0.668. The summed E-state index contributed by atoms with van der Waals surface area (Å²) in [5.41, 5.74) is 0. The summed E-state index contributed by atoms with van der Waals surface area (Å²) in [5, 5.41) is 8.51. The molecule has 2 fully saturated rings. The predicted octanol–water partition coefficient (Wildman–Crippen LogP) is -1.09. The Balaban J connectivity index is 1.88. The van der Waals surface area contributed by atoms with Crippen molar-refractivity contribution in [1.82, 2.24) is 4.90 Å². The SMILES string of the molecule is O=C1C2CCC(O2)C(=O)N1CCOCCO. The fraction of sp³-hybridized carbons (Fsp3) is 0.800. The number of imide groups is 1. The molecule has 6 heteroatoms. The van der Waals surface area contributed by atoms with Gasteiger partial charge in [0, 0.05) is 0 Å². The minimum Gasteiger partial charge on any atom is -0.394 e. The highest BCUT2D eigenvalue weighted by molar-refractivity contribution is 6.02. The van der Waals surface area contributed by atoms with Crippen LogP contribution in [0.25, 0.3) is 0 Å². The Labute approximate surface area is 93.1 Å². The summed E-state index contributed by atoms with van der Waals surface area (Å²) in [6, 6.07) is 0. The molecule has 2 aliphatic heterocycles. The lowest BCUT2D eigenvalue weighted by atomic mass is 10.2. The molecule has 0 saturated carbocycles. The van der Waals surface area contributed by atoms with Gasteiger partial charge in [-0.15, -0.1) is 0 Å². The van der Waals surface area contributed by atoms with E-state index in [2.05, 4.69) is 0 Å². The molecule has 16 heavy (non-hydrogen) atoms. The maximum atomic E-state index is 11.7. The molecule has 6 nitrogen and oxygen atoms in total. The van der Waals surface area contributed by atoms with Gasteiger partial charge in [0.25, 0.3) is 11.8 Å². The molecule has 2 amide bonds. The minimum absolute atomic E-state index is 0.0593. The van der Waals surface area contributed by atoms with Gasteiger partial charge in [-0.2, -0.15) is 0 Å². The van der Waals surface area contributed by atoms with Crippen molar-refractivity contribution in [3.05, 3.63) is 0 Å². The van der Waals surface area contributed by atoms with Crippen LogP contribution in [0.2, 0.25) is 0 Å². The van der Waals surface area contributed by atoms with Crippen LogP contribution in [0, 0.1) is 0 Å². The Morgan fingerprint density at radius 2 is 1.88 bits per heavy atom. The van der Waals surface area contributed by atoms with Crippen molar-refractivity contribution < 1.29 is 24.2 Å². The third-order valence-electron chi connectivity index (χ3n) is 2.80. The largest absolute Gasteiger partial charge is 0.394 e. The highest BCUT2D eigenvalue weighted by Crippen LogP contribution is 2.27. The van der Waals surface area contributed by atoms with E-state index < -0.39 is 12.2 Å². The maximum Gasteiger partial charge on any atom is 0.258 e. The Kier molecular flexibility index (Phi) is 3.52. The monoisotopic (exact) mass is 229 g/mol. The van der Waals surface area contributed by atoms with Crippen LogP contribution in [0.15, 0.2) is 0 Å². The number of aliphatic hydroxyl groups is 1. The van der Waals surface area contributed by atoms with Crippen molar-refractivity contribution in [2.45, 2.75) is 25.0 Å². The molecule has 2 unspecified atom stereocenters. The average Bonchev–Trinajstić information content (AvgIpc) is 2.72.